The molecule has 0 aliphatic heterocycles. The SMILES string of the molecule is C=C(C)C(=O)O[SiH](C)OCC(c1ccccc1)c1ccccc1. The zero-order valence-electron chi connectivity index (χ0n) is 13.6. The van der Waals surface area contributed by atoms with Gasteiger partial charge in [-0.3, -0.25) is 0 Å². The zero-order chi connectivity index (χ0) is 16.7. The van der Waals surface area contributed by atoms with E-state index in [2.05, 4.69) is 30.8 Å². The first-order valence-corrected chi connectivity index (χ1v) is 9.75. The summed E-state index contributed by atoms with van der Waals surface area (Å²) in [7, 11) is -2.03. The minimum Gasteiger partial charge on any atom is -0.493 e. The fraction of sp³-hybridized carbons (Fsp3) is 0.211. The van der Waals surface area contributed by atoms with Gasteiger partial charge in [0.2, 0.25) is 0 Å². The van der Waals surface area contributed by atoms with Gasteiger partial charge in [-0.25, -0.2) is 4.79 Å². The second-order valence-electron chi connectivity index (χ2n) is 5.46. The maximum atomic E-state index is 11.6. The largest absolute Gasteiger partial charge is 0.493 e. The van der Waals surface area contributed by atoms with Crippen LogP contribution in [0.15, 0.2) is 72.8 Å². The van der Waals surface area contributed by atoms with Gasteiger partial charge in [-0.05, 0) is 24.6 Å². The quantitative estimate of drug-likeness (QED) is 0.573. The van der Waals surface area contributed by atoms with Crippen molar-refractivity contribution in [2.75, 3.05) is 6.61 Å². The lowest BCUT2D eigenvalue weighted by atomic mass is 9.92. The fourth-order valence-corrected chi connectivity index (χ4v) is 3.31. The number of rotatable bonds is 7. The van der Waals surface area contributed by atoms with Crippen molar-refractivity contribution in [3.8, 4) is 0 Å². The van der Waals surface area contributed by atoms with E-state index in [9.17, 15) is 4.79 Å². The predicted molar refractivity (Wildman–Crippen MR) is 94.6 cm³/mol. The van der Waals surface area contributed by atoms with E-state index in [0.29, 0.717) is 12.2 Å². The molecule has 23 heavy (non-hydrogen) atoms. The normalized spacial score (nSPS) is 12.0. The van der Waals surface area contributed by atoms with E-state index in [1.54, 1.807) is 6.92 Å². The van der Waals surface area contributed by atoms with Gasteiger partial charge < -0.3 is 8.85 Å². The van der Waals surface area contributed by atoms with Gasteiger partial charge in [0.15, 0.2) is 0 Å². The van der Waals surface area contributed by atoms with Gasteiger partial charge in [0.05, 0.1) is 0 Å². The third-order valence-electron chi connectivity index (χ3n) is 3.52. The molecule has 4 heteroatoms. The molecule has 3 nitrogen and oxygen atoms in total. The smallest absolute Gasteiger partial charge is 0.382 e. The summed E-state index contributed by atoms with van der Waals surface area (Å²) in [6, 6.07) is 20.4. The summed E-state index contributed by atoms with van der Waals surface area (Å²) in [6.45, 7) is 7.58. The molecule has 0 N–H and O–H groups in total. The molecular formula is C19H22O3Si. The summed E-state index contributed by atoms with van der Waals surface area (Å²) in [5, 5.41) is 0. The van der Waals surface area contributed by atoms with Crippen LogP contribution >= 0.6 is 0 Å². The van der Waals surface area contributed by atoms with Crippen LogP contribution in [0.3, 0.4) is 0 Å². The molecule has 0 aliphatic carbocycles. The molecule has 2 aromatic carbocycles. The highest BCUT2D eigenvalue weighted by Crippen LogP contribution is 2.25. The number of benzene rings is 2. The van der Waals surface area contributed by atoms with Crippen molar-refractivity contribution in [3.05, 3.63) is 83.9 Å². The highest BCUT2D eigenvalue weighted by Gasteiger charge is 2.18. The minimum absolute atomic E-state index is 0.121. The third kappa shape index (κ3) is 5.19. The standard InChI is InChI=1S/C19H22O3Si/c1-15(2)19(20)22-23(3)21-14-18(16-10-6-4-7-11-16)17-12-8-5-9-13-17/h4-13,18,23H,1,14H2,2-3H3. The molecule has 0 fully saturated rings. The van der Waals surface area contributed by atoms with E-state index in [-0.39, 0.29) is 11.9 Å². The Balaban J connectivity index is 2.07. The van der Waals surface area contributed by atoms with Gasteiger partial charge in [-0.2, -0.15) is 0 Å². The molecule has 1 atom stereocenters. The van der Waals surface area contributed by atoms with Crippen LogP contribution in [0.5, 0.6) is 0 Å². The molecule has 0 radical (unpaired) electrons. The molecule has 0 amide bonds. The van der Waals surface area contributed by atoms with Crippen molar-refractivity contribution in [3.63, 3.8) is 0 Å². The van der Waals surface area contributed by atoms with Crippen LogP contribution in [-0.2, 0) is 13.6 Å². The fourth-order valence-electron chi connectivity index (χ4n) is 2.27. The Labute approximate surface area is 139 Å². The maximum absolute atomic E-state index is 11.6. The first-order valence-electron chi connectivity index (χ1n) is 7.66. The van der Waals surface area contributed by atoms with Gasteiger partial charge in [0, 0.05) is 18.1 Å². The van der Waals surface area contributed by atoms with Gasteiger partial charge >= 0.3 is 15.3 Å². The second kappa shape index (κ2) is 8.46. The van der Waals surface area contributed by atoms with Crippen molar-refractivity contribution in [1.29, 1.82) is 0 Å². The molecule has 0 saturated heterocycles. The molecule has 0 bridgehead atoms. The van der Waals surface area contributed by atoms with E-state index in [0.717, 1.165) is 0 Å². The van der Waals surface area contributed by atoms with Gasteiger partial charge in [0.25, 0.3) is 0 Å². The minimum atomic E-state index is -2.03. The highest BCUT2D eigenvalue weighted by atomic mass is 28.3. The Morgan fingerprint density at radius 1 is 1.04 bits per heavy atom. The molecule has 2 rings (SSSR count). The topological polar surface area (TPSA) is 35.5 Å². The van der Waals surface area contributed by atoms with Gasteiger partial charge in [-0.1, -0.05) is 67.2 Å². The first kappa shape index (κ1) is 17.2. The summed E-state index contributed by atoms with van der Waals surface area (Å²) in [6.07, 6.45) is 0. The van der Waals surface area contributed by atoms with E-state index in [1.165, 1.54) is 11.1 Å². The van der Waals surface area contributed by atoms with Crippen molar-refractivity contribution >= 4 is 15.3 Å². The van der Waals surface area contributed by atoms with Crippen LogP contribution in [0, 0.1) is 0 Å². The number of carbonyl (C=O) groups excluding carboxylic acids is 1. The molecule has 120 valence electrons. The lowest BCUT2D eigenvalue weighted by Gasteiger charge is -2.21. The molecule has 0 aromatic heterocycles. The Bertz CT molecular complexity index is 601. The van der Waals surface area contributed by atoms with E-state index in [4.69, 9.17) is 8.85 Å². The van der Waals surface area contributed by atoms with Crippen LogP contribution in [0.4, 0.5) is 0 Å². The Kier molecular flexibility index (Phi) is 6.32. The Hall–Kier alpha value is -2.17. The monoisotopic (exact) mass is 326 g/mol. The van der Waals surface area contributed by atoms with E-state index >= 15 is 0 Å². The van der Waals surface area contributed by atoms with Crippen LogP contribution in [-0.4, -0.2) is 21.9 Å². The first-order chi connectivity index (χ1) is 11.1. The summed E-state index contributed by atoms with van der Waals surface area (Å²) < 4.78 is 11.2. The summed E-state index contributed by atoms with van der Waals surface area (Å²) in [5.41, 5.74) is 2.77. The van der Waals surface area contributed by atoms with E-state index in [1.807, 2.05) is 42.9 Å². The Morgan fingerprint density at radius 3 is 1.96 bits per heavy atom. The second-order valence-corrected chi connectivity index (χ2v) is 7.16. The highest BCUT2D eigenvalue weighted by molar-refractivity contribution is 6.45. The molecule has 1 unspecified atom stereocenters. The summed E-state index contributed by atoms with van der Waals surface area (Å²) in [5.74, 6) is -0.254. The van der Waals surface area contributed by atoms with Crippen LogP contribution in [0.1, 0.15) is 24.0 Å². The van der Waals surface area contributed by atoms with Crippen molar-refractivity contribution < 1.29 is 13.6 Å². The summed E-state index contributed by atoms with van der Waals surface area (Å²) in [4.78, 5) is 11.6. The predicted octanol–water partition coefficient (Wildman–Crippen LogP) is 3.80. The molecule has 0 aliphatic rings. The lowest BCUT2D eigenvalue weighted by Crippen LogP contribution is -2.25. The van der Waals surface area contributed by atoms with Crippen molar-refractivity contribution in [1.82, 2.24) is 0 Å². The molecular weight excluding hydrogens is 304 g/mol. The van der Waals surface area contributed by atoms with Crippen molar-refractivity contribution in [2.24, 2.45) is 0 Å². The van der Waals surface area contributed by atoms with Gasteiger partial charge in [-0.15, -0.1) is 0 Å². The average molecular weight is 326 g/mol. The average Bonchev–Trinajstić information content (AvgIpc) is 2.57. The number of hydrogen-bond donors (Lipinski definition) is 0. The molecule has 0 spiro atoms. The van der Waals surface area contributed by atoms with Crippen molar-refractivity contribution in [2.45, 2.75) is 19.4 Å². The summed E-state index contributed by atoms with van der Waals surface area (Å²) >= 11 is 0. The van der Waals surface area contributed by atoms with Crippen LogP contribution in [0.2, 0.25) is 6.55 Å². The number of carbonyl (C=O) groups is 1. The van der Waals surface area contributed by atoms with Crippen LogP contribution in [0.25, 0.3) is 0 Å². The van der Waals surface area contributed by atoms with Crippen LogP contribution < -0.4 is 0 Å². The molecule has 0 saturated carbocycles. The molecule has 0 heterocycles. The Morgan fingerprint density at radius 2 is 1.52 bits per heavy atom. The third-order valence-corrected chi connectivity index (χ3v) is 4.73. The van der Waals surface area contributed by atoms with Gasteiger partial charge in [0.1, 0.15) is 0 Å². The zero-order valence-corrected chi connectivity index (χ0v) is 14.7. The maximum Gasteiger partial charge on any atom is 0.382 e. The van der Waals surface area contributed by atoms with E-state index < -0.39 is 9.28 Å². The number of hydrogen-bond acceptors (Lipinski definition) is 3. The lowest BCUT2D eigenvalue weighted by molar-refractivity contribution is -0.131. The molecule has 2 aromatic rings.